The first-order valence-corrected chi connectivity index (χ1v) is 7.31. The third-order valence-electron chi connectivity index (χ3n) is 4.15. The lowest BCUT2D eigenvalue weighted by atomic mass is 10.1. The van der Waals surface area contributed by atoms with Crippen LogP contribution in [0.4, 0.5) is 0 Å². The largest absolute Gasteiger partial charge is 0.333 e. The van der Waals surface area contributed by atoms with E-state index in [1.807, 2.05) is 44.2 Å². The molecule has 3 rings (SSSR count). The van der Waals surface area contributed by atoms with Gasteiger partial charge in [-0.2, -0.15) is 0 Å². The van der Waals surface area contributed by atoms with Crippen molar-refractivity contribution in [1.29, 1.82) is 0 Å². The molecule has 0 fully saturated rings. The van der Waals surface area contributed by atoms with E-state index in [9.17, 15) is 4.79 Å². The summed E-state index contributed by atoms with van der Waals surface area (Å²) in [6.07, 6.45) is 3.81. The Labute approximate surface area is 129 Å². The van der Waals surface area contributed by atoms with Gasteiger partial charge >= 0.3 is 5.69 Å². The van der Waals surface area contributed by atoms with Gasteiger partial charge in [0, 0.05) is 18.3 Å². The second-order valence-electron chi connectivity index (χ2n) is 5.46. The number of allylic oxidation sites excluding steroid dienone is 2. The van der Waals surface area contributed by atoms with Gasteiger partial charge in [0.05, 0.1) is 22.9 Å². The van der Waals surface area contributed by atoms with Crippen molar-refractivity contribution in [3.8, 4) is 5.69 Å². The highest BCUT2D eigenvalue weighted by Crippen LogP contribution is 2.22. The van der Waals surface area contributed by atoms with Crippen LogP contribution < -0.4 is 5.69 Å². The standard InChI is InChI=1S/C18H19N3O/c1-5-12(2)15-10-14(11-19-13(15)3)21-17-9-7-6-8-16(17)20(4)18(21)22/h5-11H,1-4H3/b12-5-. The Balaban J connectivity index is 2.34. The number of imidazole rings is 1. The van der Waals surface area contributed by atoms with Crippen LogP contribution in [0.15, 0.2) is 47.4 Å². The molecule has 4 nitrogen and oxygen atoms in total. The van der Waals surface area contributed by atoms with Crippen LogP contribution in [0.1, 0.15) is 25.1 Å². The van der Waals surface area contributed by atoms with E-state index in [-0.39, 0.29) is 5.69 Å². The van der Waals surface area contributed by atoms with Crippen molar-refractivity contribution in [3.63, 3.8) is 0 Å². The maximum absolute atomic E-state index is 12.6. The quantitative estimate of drug-likeness (QED) is 0.726. The molecule has 0 unspecified atom stereocenters. The van der Waals surface area contributed by atoms with Gasteiger partial charge in [-0.05, 0) is 44.5 Å². The Bertz CT molecular complexity index is 945. The van der Waals surface area contributed by atoms with E-state index in [2.05, 4.69) is 18.0 Å². The number of aryl methyl sites for hydroxylation is 2. The summed E-state index contributed by atoms with van der Waals surface area (Å²) in [6, 6.07) is 9.82. The van der Waals surface area contributed by atoms with Gasteiger partial charge in [-0.1, -0.05) is 18.2 Å². The first kappa shape index (κ1) is 14.3. The Morgan fingerprint density at radius 2 is 1.91 bits per heavy atom. The second kappa shape index (κ2) is 5.30. The third kappa shape index (κ3) is 2.08. The van der Waals surface area contributed by atoms with E-state index in [4.69, 9.17) is 0 Å². The van der Waals surface area contributed by atoms with Crippen LogP contribution in [0.2, 0.25) is 0 Å². The Morgan fingerprint density at radius 1 is 1.23 bits per heavy atom. The molecule has 0 radical (unpaired) electrons. The molecule has 0 atom stereocenters. The number of fused-ring (bicyclic) bond motifs is 1. The molecule has 0 amide bonds. The molecule has 0 aliphatic heterocycles. The Morgan fingerprint density at radius 3 is 2.59 bits per heavy atom. The molecular weight excluding hydrogens is 274 g/mol. The van der Waals surface area contributed by atoms with Gasteiger partial charge in [0.15, 0.2) is 0 Å². The summed E-state index contributed by atoms with van der Waals surface area (Å²) >= 11 is 0. The normalized spacial score (nSPS) is 12.1. The van der Waals surface area contributed by atoms with Crippen molar-refractivity contribution in [2.45, 2.75) is 20.8 Å². The van der Waals surface area contributed by atoms with Gasteiger partial charge in [-0.3, -0.25) is 14.1 Å². The fourth-order valence-electron chi connectivity index (χ4n) is 2.74. The van der Waals surface area contributed by atoms with Gasteiger partial charge in [-0.15, -0.1) is 0 Å². The Hall–Kier alpha value is -2.62. The molecule has 0 saturated heterocycles. The van der Waals surface area contributed by atoms with Crippen LogP contribution in [-0.2, 0) is 7.05 Å². The van der Waals surface area contributed by atoms with Crippen molar-refractivity contribution in [2.75, 3.05) is 0 Å². The Kier molecular flexibility index (Phi) is 3.45. The van der Waals surface area contributed by atoms with Gasteiger partial charge in [0.2, 0.25) is 0 Å². The molecule has 0 N–H and O–H groups in total. The van der Waals surface area contributed by atoms with Gasteiger partial charge in [-0.25, -0.2) is 4.79 Å². The highest BCUT2D eigenvalue weighted by atomic mass is 16.1. The molecule has 2 aromatic heterocycles. The smallest absolute Gasteiger partial charge is 0.295 e. The molecule has 0 saturated carbocycles. The van der Waals surface area contributed by atoms with E-state index in [1.54, 1.807) is 22.4 Å². The average molecular weight is 293 g/mol. The predicted octanol–water partition coefficient (Wildman–Crippen LogP) is 3.46. The number of benzene rings is 1. The van der Waals surface area contributed by atoms with Crippen LogP contribution in [0.25, 0.3) is 22.3 Å². The maximum Gasteiger partial charge on any atom is 0.333 e. The summed E-state index contributed by atoms with van der Waals surface area (Å²) in [5, 5.41) is 0. The van der Waals surface area contributed by atoms with E-state index in [1.165, 1.54) is 0 Å². The number of aromatic nitrogens is 3. The lowest BCUT2D eigenvalue weighted by molar-refractivity contribution is 0.843. The number of rotatable bonds is 2. The fraction of sp³-hybridized carbons (Fsp3) is 0.222. The van der Waals surface area contributed by atoms with E-state index >= 15 is 0 Å². The van der Waals surface area contributed by atoms with Crippen molar-refractivity contribution in [2.24, 2.45) is 7.05 Å². The van der Waals surface area contributed by atoms with E-state index < -0.39 is 0 Å². The minimum Gasteiger partial charge on any atom is -0.295 e. The van der Waals surface area contributed by atoms with Crippen molar-refractivity contribution in [1.82, 2.24) is 14.1 Å². The molecule has 2 heterocycles. The molecule has 22 heavy (non-hydrogen) atoms. The number of hydrogen-bond donors (Lipinski definition) is 0. The monoisotopic (exact) mass is 293 g/mol. The van der Waals surface area contributed by atoms with Crippen LogP contribution >= 0.6 is 0 Å². The van der Waals surface area contributed by atoms with Crippen molar-refractivity contribution >= 4 is 16.6 Å². The summed E-state index contributed by atoms with van der Waals surface area (Å²) in [7, 11) is 1.79. The maximum atomic E-state index is 12.6. The van der Waals surface area contributed by atoms with Crippen LogP contribution in [0, 0.1) is 6.92 Å². The SMILES string of the molecule is C/C=C(/C)c1cc(-n2c(=O)n(C)c3ccccc32)cnc1C. The lowest BCUT2D eigenvalue weighted by Gasteiger charge is -2.09. The number of pyridine rings is 1. The summed E-state index contributed by atoms with van der Waals surface area (Å²) in [5.74, 6) is 0. The van der Waals surface area contributed by atoms with E-state index in [0.29, 0.717) is 0 Å². The van der Waals surface area contributed by atoms with Crippen molar-refractivity contribution < 1.29 is 0 Å². The fourth-order valence-corrected chi connectivity index (χ4v) is 2.74. The molecule has 0 aliphatic rings. The zero-order valence-electron chi connectivity index (χ0n) is 13.3. The topological polar surface area (TPSA) is 39.8 Å². The van der Waals surface area contributed by atoms with E-state index in [0.717, 1.165) is 33.6 Å². The minimum atomic E-state index is -0.0593. The first-order chi connectivity index (χ1) is 10.5. The number of hydrogen-bond acceptors (Lipinski definition) is 2. The van der Waals surface area contributed by atoms with Crippen molar-refractivity contribution in [3.05, 3.63) is 64.3 Å². The lowest BCUT2D eigenvalue weighted by Crippen LogP contribution is -2.21. The minimum absolute atomic E-state index is 0.0593. The van der Waals surface area contributed by atoms with Gasteiger partial charge < -0.3 is 0 Å². The summed E-state index contributed by atoms with van der Waals surface area (Å²) in [6.45, 7) is 6.04. The third-order valence-corrected chi connectivity index (χ3v) is 4.15. The zero-order chi connectivity index (χ0) is 15.9. The molecular formula is C18H19N3O. The average Bonchev–Trinajstić information content (AvgIpc) is 2.79. The van der Waals surface area contributed by atoms with Gasteiger partial charge in [0.25, 0.3) is 0 Å². The molecule has 4 heteroatoms. The second-order valence-corrected chi connectivity index (χ2v) is 5.46. The number of para-hydroxylation sites is 2. The zero-order valence-corrected chi connectivity index (χ0v) is 13.3. The van der Waals surface area contributed by atoms with Gasteiger partial charge in [0.1, 0.15) is 0 Å². The highest BCUT2D eigenvalue weighted by molar-refractivity contribution is 5.78. The molecule has 0 bridgehead atoms. The molecule has 112 valence electrons. The predicted molar refractivity (Wildman–Crippen MR) is 90.4 cm³/mol. The molecule has 0 aliphatic carbocycles. The van der Waals surface area contributed by atoms with Crippen LogP contribution in [0.3, 0.4) is 0 Å². The summed E-state index contributed by atoms with van der Waals surface area (Å²) in [5.41, 5.74) is 5.73. The summed E-state index contributed by atoms with van der Waals surface area (Å²) < 4.78 is 3.38. The molecule has 1 aromatic carbocycles. The highest BCUT2D eigenvalue weighted by Gasteiger charge is 2.13. The van der Waals surface area contributed by atoms with Crippen LogP contribution in [-0.4, -0.2) is 14.1 Å². The first-order valence-electron chi connectivity index (χ1n) is 7.31. The molecule has 0 spiro atoms. The summed E-state index contributed by atoms with van der Waals surface area (Å²) in [4.78, 5) is 17.1. The van der Waals surface area contributed by atoms with Crippen LogP contribution in [0.5, 0.6) is 0 Å². The molecule has 3 aromatic rings. The number of nitrogens with zero attached hydrogens (tertiary/aromatic N) is 3.